The van der Waals surface area contributed by atoms with Crippen LogP contribution in [0.1, 0.15) is 5.56 Å². The first-order valence-electron chi connectivity index (χ1n) is 2.55. The maximum absolute atomic E-state index is 6.97. The molecule has 0 radical (unpaired) electrons. The largest absolute Gasteiger partial charge is 0.384 e. The van der Waals surface area contributed by atoms with Crippen LogP contribution in [-0.2, 0) is 0 Å². The zero-order valence-corrected chi connectivity index (χ0v) is 7.28. The van der Waals surface area contributed by atoms with Crippen molar-refractivity contribution < 1.29 is 0 Å². The molecule has 1 rings (SSSR count). The van der Waals surface area contributed by atoms with E-state index in [2.05, 4.69) is 4.98 Å². The third-order valence-electron chi connectivity index (χ3n) is 0.973. The van der Waals surface area contributed by atoms with Crippen LogP contribution >= 0.6 is 24.8 Å². The fourth-order valence-corrected chi connectivity index (χ4v) is 0.522. The lowest BCUT2D eigenvalue weighted by Crippen LogP contribution is -2.10. The van der Waals surface area contributed by atoms with Gasteiger partial charge in [0.2, 0.25) is 0 Å². The van der Waals surface area contributed by atoms with Gasteiger partial charge < -0.3 is 5.73 Å². The number of halogens is 2. The van der Waals surface area contributed by atoms with Gasteiger partial charge in [0.25, 0.3) is 0 Å². The van der Waals surface area contributed by atoms with Gasteiger partial charge in [-0.3, -0.25) is 10.4 Å². The number of hydrogen-bond donors (Lipinski definition) is 2. The second-order valence-corrected chi connectivity index (χ2v) is 1.66. The van der Waals surface area contributed by atoms with E-state index in [1.165, 1.54) is 0 Å². The van der Waals surface area contributed by atoms with Gasteiger partial charge in [0.05, 0.1) is 0 Å². The standard InChI is InChI=1S/C6H7N3.2ClH/c7-6(8)5-2-1-3-9-4-5;;/h1-4H,(H3,7,8);2*1H. The van der Waals surface area contributed by atoms with Crippen LogP contribution in [0.4, 0.5) is 0 Å². The number of rotatable bonds is 1. The summed E-state index contributed by atoms with van der Waals surface area (Å²) in [6.07, 6.45) is 3.20. The molecular weight excluding hydrogens is 185 g/mol. The van der Waals surface area contributed by atoms with Crippen LogP contribution in [0.15, 0.2) is 24.5 Å². The molecule has 0 bridgehead atoms. The highest BCUT2D eigenvalue weighted by atomic mass is 35.5. The van der Waals surface area contributed by atoms with Crippen molar-refractivity contribution in [1.82, 2.24) is 4.98 Å². The maximum atomic E-state index is 6.97. The van der Waals surface area contributed by atoms with Crippen molar-refractivity contribution >= 4 is 30.6 Å². The number of nitrogens with zero attached hydrogens (tertiary/aromatic N) is 1. The lowest BCUT2D eigenvalue weighted by atomic mass is 10.3. The lowest BCUT2D eigenvalue weighted by molar-refractivity contribution is 1.30. The molecule has 0 saturated heterocycles. The van der Waals surface area contributed by atoms with Crippen LogP contribution in [0.5, 0.6) is 0 Å². The molecule has 0 fully saturated rings. The van der Waals surface area contributed by atoms with E-state index >= 15 is 0 Å². The monoisotopic (exact) mass is 193 g/mol. The van der Waals surface area contributed by atoms with Gasteiger partial charge in [-0.25, -0.2) is 0 Å². The highest BCUT2D eigenvalue weighted by Gasteiger charge is 1.90. The number of aromatic nitrogens is 1. The van der Waals surface area contributed by atoms with E-state index in [0.29, 0.717) is 5.56 Å². The van der Waals surface area contributed by atoms with E-state index < -0.39 is 0 Å². The summed E-state index contributed by atoms with van der Waals surface area (Å²) in [5, 5.41) is 6.97. The number of nitrogen functional groups attached to an aromatic ring is 1. The Bertz CT molecular complexity index is 212. The molecule has 11 heavy (non-hydrogen) atoms. The molecular formula is C6H9Cl2N3. The number of nitrogens with one attached hydrogen (secondary N) is 1. The van der Waals surface area contributed by atoms with Gasteiger partial charge in [-0.05, 0) is 12.1 Å². The van der Waals surface area contributed by atoms with Gasteiger partial charge in [-0.1, -0.05) is 0 Å². The minimum Gasteiger partial charge on any atom is -0.384 e. The van der Waals surface area contributed by atoms with E-state index in [9.17, 15) is 0 Å². The van der Waals surface area contributed by atoms with Gasteiger partial charge in [0, 0.05) is 18.0 Å². The van der Waals surface area contributed by atoms with Gasteiger partial charge in [0.1, 0.15) is 5.84 Å². The van der Waals surface area contributed by atoms with E-state index in [4.69, 9.17) is 11.1 Å². The van der Waals surface area contributed by atoms with Crippen molar-refractivity contribution in [3.8, 4) is 0 Å². The smallest absolute Gasteiger partial charge is 0.124 e. The SMILES string of the molecule is Cl.Cl.N=C(N)c1cccnc1. The van der Waals surface area contributed by atoms with Gasteiger partial charge in [0.15, 0.2) is 0 Å². The molecule has 0 aromatic carbocycles. The Morgan fingerprint density at radius 2 is 2.09 bits per heavy atom. The highest BCUT2D eigenvalue weighted by Crippen LogP contribution is 1.91. The van der Waals surface area contributed by atoms with Crippen molar-refractivity contribution in [1.29, 1.82) is 5.41 Å². The Balaban J connectivity index is 0. The molecule has 62 valence electrons. The van der Waals surface area contributed by atoms with E-state index in [1.807, 2.05) is 0 Å². The molecule has 1 heterocycles. The summed E-state index contributed by atoms with van der Waals surface area (Å²) in [4.78, 5) is 3.79. The molecule has 1 aromatic heterocycles. The average Bonchev–Trinajstić information content (AvgIpc) is 1.90. The zero-order valence-electron chi connectivity index (χ0n) is 5.65. The average molecular weight is 194 g/mol. The lowest BCUT2D eigenvalue weighted by Gasteiger charge is -1.92. The Hall–Kier alpha value is -0.800. The number of nitrogens with two attached hydrogens (primary N) is 1. The van der Waals surface area contributed by atoms with Gasteiger partial charge >= 0.3 is 0 Å². The molecule has 0 aliphatic carbocycles. The van der Waals surface area contributed by atoms with Gasteiger partial charge in [-0.15, -0.1) is 24.8 Å². The molecule has 0 unspecified atom stereocenters. The molecule has 1 aromatic rings. The molecule has 0 amide bonds. The van der Waals surface area contributed by atoms with Crippen LogP contribution in [0.3, 0.4) is 0 Å². The van der Waals surface area contributed by atoms with Crippen LogP contribution in [-0.4, -0.2) is 10.8 Å². The first kappa shape index (κ1) is 12.8. The van der Waals surface area contributed by atoms with E-state index in [0.717, 1.165) is 0 Å². The van der Waals surface area contributed by atoms with Crippen LogP contribution in [0.25, 0.3) is 0 Å². The minimum atomic E-state index is 0. The third kappa shape index (κ3) is 3.80. The molecule has 0 atom stereocenters. The second-order valence-electron chi connectivity index (χ2n) is 1.66. The number of amidine groups is 1. The molecule has 0 aliphatic heterocycles. The molecule has 3 N–H and O–H groups in total. The van der Waals surface area contributed by atoms with Crippen molar-refractivity contribution in [3.63, 3.8) is 0 Å². The molecule has 5 heteroatoms. The predicted molar refractivity (Wildman–Crippen MR) is 49.7 cm³/mol. The van der Waals surface area contributed by atoms with Crippen LogP contribution in [0, 0.1) is 5.41 Å². The zero-order chi connectivity index (χ0) is 6.69. The van der Waals surface area contributed by atoms with Crippen molar-refractivity contribution in [2.45, 2.75) is 0 Å². The molecule has 0 aliphatic rings. The topological polar surface area (TPSA) is 62.8 Å². The summed E-state index contributed by atoms with van der Waals surface area (Å²) in [7, 11) is 0. The fourth-order valence-electron chi connectivity index (χ4n) is 0.522. The Morgan fingerprint density at radius 3 is 2.36 bits per heavy atom. The summed E-state index contributed by atoms with van der Waals surface area (Å²) in [6, 6.07) is 3.49. The summed E-state index contributed by atoms with van der Waals surface area (Å²) in [5.41, 5.74) is 5.82. The first-order chi connectivity index (χ1) is 4.30. The van der Waals surface area contributed by atoms with Crippen LogP contribution < -0.4 is 5.73 Å². The number of pyridine rings is 1. The maximum Gasteiger partial charge on any atom is 0.124 e. The third-order valence-corrected chi connectivity index (χ3v) is 0.973. The van der Waals surface area contributed by atoms with Crippen LogP contribution in [0.2, 0.25) is 0 Å². The Kier molecular flexibility index (Phi) is 6.94. The first-order valence-corrected chi connectivity index (χ1v) is 2.55. The summed E-state index contributed by atoms with van der Waals surface area (Å²) in [6.45, 7) is 0. The normalized spacial score (nSPS) is 7.27. The molecule has 0 spiro atoms. The summed E-state index contributed by atoms with van der Waals surface area (Å²) >= 11 is 0. The number of hydrogen-bond acceptors (Lipinski definition) is 2. The second kappa shape index (κ2) is 5.95. The van der Waals surface area contributed by atoms with Gasteiger partial charge in [-0.2, -0.15) is 0 Å². The predicted octanol–water partition coefficient (Wildman–Crippen LogP) is 1.21. The van der Waals surface area contributed by atoms with Crippen molar-refractivity contribution in [2.24, 2.45) is 5.73 Å². The summed E-state index contributed by atoms with van der Waals surface area (Å²) < 4.78 is 0. The summed E-state index contributed by atoms with van der Waals surface area (Å²) in [5.74, 6) is 0.0584. The molecule has 0 saturated carbocycles. The van der Waals surface area contributed by atoms with E-state index in [-0.39, 0.29) is 30.6 Å². The highest BCUT2D eigenvalue weighted by molar-refractivity contribution is 5.94. The Labute approximate surface area is 77.3 Å². The van der Waals surface area contributed by atoms with Crippen molar-refractivity contribution in [2.75, 3.05) is 0 Å². The Morgan fingerprint density at radius 1 is 1.45 bits per heavy atom. The quantitative estimate of drug-likeness (QED) is 0.521. The minimum absolute atomic E-state index is 0. The fraction of sp³-hybridized carbons (Fsp3) is 0. The van der Waals surface area contributed by atoms with E-state index in [1.54, 1.807) is 24.5 Å². The molecule has 3 nitrogen and oxygen atoms in total. The van der Waals surface area contributed by atoms with Crippen molar-refractivity contribution in [3.05, 3.63) is 30.1 Å².